The molecular weight excluding hydrogens is 355 g/mol. The first-order valence-corrected chi connectivity index (χ1v) is 8.59. The summed E-state index contributed by atoms with van der Waals surface area (Å²) in [4.78, 5) is 20.6. The summed E-state index contributed by atoms with van der Waals surface area (Å²) in [6.07, 6.45) is 3.20. The zero-order valence-corrected chi connectivity index (χ0v) is 15.0. The number of aromatic nitrogens is 2. The Morgan fingerprint density at radius 3 is 2.62 bits per heavy atom. The maximum Gasteiger partial charge on any atom is 0.245 e. The van der Waals surface area contributed by atoms with Gasteiger partial charge < -0.3 is 15.8 Å². The van der Waals surface area contributed by atoms with Gasteiger partial charge in [-0.05, 0) is 50.2 Å². The average molecular weight is 372 g/mol. The molecule has 0 atom stereocenters. The smallest absolute Gasteiger partial charge is 0.245 e. The number of benzene rings is 1. The van der Waals surface area contributed by atoms with Crippen LogP contribution >= 0.6 is 11.3 Å². The predicted octanol–water partition coefficient (Wildman–Crippen LogP) is 3.81. The molecule has 0 unspecified atom stereocenters. The van der Waals surface area contributed by atoms with Gasteiger partial charge in [-0.25, -0.2) is 9.37 Å². The number of rotatable bonds is 5. The molecule has 0 aliphatic rings. The number of thiazole rings is 1. The van der Waals surface area contributed by atoms with Crippen molar-refractivity contribution in [3.63, 3.8) is 0 Å². The molecule has 0 aliphatic carbocycles. The fraction of sp³-hybridized carbons (Fsp3) is 0.167. The van der Waals surface area contributed by atoms with E-state index in [1.54, 1.807) is 50.5 Å². The summed E-state index contributed by atoms with van der Waals surface area (Å²) in [5.41, 5.74) is 5.91. The molecule has 8 heteroatoms. The first kappa shape index (κ1) is 18.0. The number of carbonyl (C=O) groups excluding carboxylic acids is 1. The molecule has 3 N–H and O–H groups in total. The van der Waals surface area contributed by atoms with Crippen molar-refractivity contribution in [2.45, 2.75) is 19.4 Å². The van der Waals surface area contributed by atoms with Crippen molar-refractivity contribution in [2.24, 2.45) is 5.73 Å². The van der Waals surface area contributed by atoms with Crippen LogP contribution in [0.1, 0.15) is 13.8 Å². The van der Waals surface area contributed by atoms with Crippen LogP contribution in [0.5, 0.6) is 10.8 Å². The highest BCUT2D eigenvalue weighted by atomic mass is 32.1. The highest BCUT2D eigenvalue weighted by Crippen LogP contribution is 2.40. The second-order valence-corrected chi connectivity index (χ2v) is 7.09. The van der Waals surface area contributed by atoms with Crippen LogP contribution in [0.4, 0.5) is 9.52 Å². The summed E-state index contributed by atoms with van der Waals surface area (Å²) < 4.78 is 19.1. The van der Waals surface area contributed by atoms with E-state index in [2.05, 4.69) is 15.3 Å². The third kappa shape index (κ3) is 4.22. The van der Waals surface area contributed by atoms with Crippen molar-refractivity contribution in [1.29, 1.82) is 0 Å². The molecule has 0 fully saturated rings. The average Bonchev–Trinajstić information content (AvgIpc) is 2.98. The Balaban J connectivity index is 1.97. The number of hydrogen-bond donors (Lipinski definition) is 2. The fourth-order valence-electron chi connectivity index (χ4n) is 1.99. The van der Waals surface area contributed by atoms with E-state index in [4.69, 9.17) is 10.5 Å². The van der Waals surface area contributed by atoms with Crippen molar-refractivity contribution in [2.75, 3.05) is 5.32 Å². The molecule has 1 amide bonds. The van der Waals surface area contributed by atoms with Crippen LogP contribution in [-0.4, -0.2) is 21.4 Å². The normalized spacial score (nSPS) is 11.2. The van der Waals surface area contributed by atoms with Crippen LogP contribution in [-0.2, 0) is 4.79 Å². The summed E-state index contributed by atoms with van der Waals surface area (Å²) in [5, 5.41) is 3.48. The van der Waals surface area contributed by atoms with E-state index in [0.717, 1.165) is 11.3 Å². The van der Waals surface area contributed by atoms with Gasteiger partial charge in [0, 0.05) is 11.8 Å². The number of hydrogen-bond acceptors (Lipinski definition) is 6. The van der Waals surface area contributed by atoms with Gasteiger partial charge in [0.25, 0.3) is 0 Å². The van der Waals surface area contributed by atoms with Crippen LogP contribution in [0.15, 0.2) is 48.8 Å². The number of nitrogens with zero attached hydrogens (tertiary/aromatic N) is 2. The van der Waals surface area contributed by atoms with Gasteiger partial charge >= 0.3 is 0 Å². The molecule has 0 radical (unpaired) electrons. The summed E-state index contributed by atoms with van der Waals surface area (Å²) in [6, 6.07) is 9.36. The second-order valence-electron chi connectivity index (χ2n) is 6.13. The van der Waals surface area contributed by atoms with Gasteiger partial charge in [0.1, 0.15) is 17.3 Å². The Morgan fingerprint density at radius 1 is 1.27 bits per heavy atom. The number of pyridine rings is 1. The van der Waals surface area contributed by atoms with E-state index in [1.165, 1.54) is 12.1 Å². The Kier molecular flexibility index (Phi) is 4.97. The zero-order valence-electron chi connectivity index (χ0n) is 14.2. The molecule has 0 spiro atoms. The van der Waals surface area contributed by atoms with Crippen molar-refractivity contribution in [1.82, 2.24) is 9.97 Å². The first-order valence-electron chi connectivity index (χ1n) is 7.78. The third-order valence-corrected chi connectivity index (χ3v) is 4.21. The van der Waals surface area contributed by atoms with E-state index < -0.39 is 5.54 Å². The Hall–Kier alpha value is -2.84. The van der Waals surface area contributed by atoms with Crippen molar-refractivity contribution in [3.05, 3.63) is 54.6 Å². The monoisotopic (exact) mass is 372 g/mol. The summed E-state index contributed by atoms with van der Waals surface area (Å²) >= 11 is 1.16. The molecule has 0 saturated heterocycles. The largest absolute Gasteiger partial charge is 0.443 e. The standard InChI is InChI=1S/C18H17FN4O2S/c1-18(2,20)16(24)23-17-22-14(11-5-7-12(19)8-6-11)15(26-17)25-13-4-3-9-21-10-13/h3-10H,20H2,1-2H3,(H,22,23,24). The molecule has 0 aliphatic heterocycles. The van der Waals surface area contributed by atoms with Gasteiger partial charge in [0.2, 0.25) is 11.0 Å². The topological polar surface area (TPSA) is 90.1 Å². The molecule has 1 aromatic carbocycles. The molecular formula is C18H17FN4O2S. The number of carbonyl (C=O) groups is 1. The van der Waals surface area contributed by atoms with Crippen LogP contribution in [0.25, 0.3) is 11.3 Å². The Bertz CT molecular complexity index is 905. The lowest BCUT2D eigenvalue weighted by atomic mass is 10.1. The Labute approximate surface area is 153 Å². The summed E-state index contributed by atoms with van der Waals surface area (Å²) in [7, 11) is 0. The first-order chi connectivity index (χ1) is 12.3. The maximum atomic E-state index is 13.2. The number of nitrogens with one attached hydrogen (secondary N) is 1. The molecule has 0 bridgehead atoms. The minimum Gasteiger partial charge on any atom is -0.443 e. The second kappa shape index (κ2) is 7.19. The van der Waals surface area contributed by atoms with Crippen molar-refractivity contribution < 1.29 is 13.9 Å². The van der Waals surface area contributed by atoms with E-state index >= 15 is 0 Å². The molecule has 3 rings (SSSR count). The van der Waals surface area contributed by atoms with Gasteiger partial charge in [-0.1, -0.05) is 11.3 Å². The molecule has 3 aromatic rings. The maximum absolute atomic E-state index is 13.2. The predicted molar refractivity (Wildman–Crippen MR) is 98.7 cm³/mol. The molecule has 6 nitrogen and oxygen atoms in total. The lowest BCUT2D eigenvalue weighted by molar-refractivity contribution is -0.120. The van der Waals surface area contributed by atoms with Crippen LogP contribution in [0.2, 0.25) is 0 Å². The highest BCUT2D eigenvalue weighted by Gasteiger charge is 2.24. The SMILES string of the molecule is CC(C)(N)C(=O)Nc1nc(-c2ccc(F)cc2)c(Oc2cccnc2)s1. The van der Waals surface area contributed by atoms with Crippen LogP contribution < -0.4 is 15.8 Å². The van der Waals surface area contributed by atoms with Crippen molar-refractivity contribution >= 4 is 22.4 Å². The third-order valence-electron chi connectivity index (χ3n) is 3.36. The quantitative estimate of drug-likeness (QED) is 0.711. The number of amides is 1. The minimum absolute atomic E-state index is 0.340. The molecule has 26 heavy (non-hydrogen) atoms. The summed E-state index contributed by atoms with van der Waals surface area (Å²) in [6.45, 7) is 3.20. The number of halogens is 1. The zero-order chi connectivity index (χ0) is 18.7. The lowest BCUT2D eigenvalue weighted by Gasteiger charge is -2.16. The van der Waals surface area contributed by atoms with Gasteiger partial charge in [0.05, 0.1) is 11.7 Å². The molecule has 0 saturated carbocycles. The number of ether oxygens (including phenoxy) is 1. The Morgan fingerprint density at radius 2 is 2.00 bits per heavy atom. The van der Waals surface area contributed by atoms with E-state index in [-0.39, 0.29) is 11.7 Å². The highest BCUT2D eigenvalue weighted by molar-refractivity contribution is 7.18. The van der Waals surface area contributed by atoms with Gasteiger partial charge in [-0.3, -0.25) is 9.78 Å². The molecule has 2 heterocycles. The number of anilines is 1. The summed E-state index contributed by atoms with van der Waals surface area (Å²) in [5.74, 6) is -0.196. The van der Waals surface area contributed by atoms with Crippen LogP contribution in [0.3, 0.4) is 0 Å². The van der Waals surface area contributed by atoms with Gasteiger partial charge in [-0.2, -0.15) is 0 Å². The van der Waals surface area contributed by atoms with Crippen LogP contribution in [0, 0.1) is 5.82 Å². The van der Waals surface area contributed by atoms with E-state index in [0.29, 0.717) is 27.2 Å². The molecule has 134 valence electrons. The fourth-order valence-corrected chi connectivity index (χ4v) is 2.85. The van der Waals surface area contributed by atoms with Crippen molar-refractivity contribution in [3.8, 4) is 22.1 Å². The van der Waals surface area contributed by atoms with E-state index in [1.807, 2.05) is 0 Å². The lowest BCUT2D eigenvalue weighted by Crippen LogP contribution is -2.45. The van der Waals surface area contributed by atoms with Gasteiger partial charge in [0.15, 0.2) is 5.13 Å². The minimum atomic E-state index is -1.05. The number of nitrogens with two attached hydrogens (primary N) is 1. The van der Waals surface area contributed by atoms with E-state index in [9.17, 15) is 9.18 Å². The molecule has 2 aromatic heterocycles. The van der Waals surface area contributed by atoms with Gasteiger partial charge in [-0.15, -0.1) is 0 Å².